The van der Waals surface area contributed by atoms with Gasteiger partial charge < -0.3 is 5.11 Å². The number of sulfone groups is 1. The van der Waals surface area contributed by atoms with Crippen molar-refractivity contribution in [2.24, 2.45) is 0 Å². The minimum atomic E-state index is -3.20. The van der Waals surface area contributed by atoms with Gasteiger partial charge in [-0.2, -0.15) is 0 Å². The monoisotopic (exact) mass is 290 g/mol. The van der Waals surface area contributed by atoms with Crippen LogP contribution in [0, 0.1) is 0 Å². The Balaban J connectivity index is 2.64. The third-order valence-electron chi connectivity index (χ3n) is 2.69. The molecule has 15 heavy (non-hydrogen) atoms. The van der Waals surface area contributed by atoms with Crippen molar-refractivity contribution in [2.75, 3.05) is 5.75 Å². The molecule has 0 amide bonds. The first kappa shape index (κ1) is 11.1. The molecule has 0 saturated heterocycles. The van der Waals surface area contributed by atoms with E-state index in [1.54, 1.807) is 25.1 Å². The Morgan fingerprint density at radius 3 is 2.80 bits per heavy atom. The number of hydrogen-bond donors (Lipinski definition) is 1. The summed E-state index contributed by atoms with van der Waals surface area (Å²) < 4.78 is 24.3. The van der Waals surface area contributed by atoms with E-state index in [0.29, 0.717) is 4.90 Å². The number of halogens is 1. The Kier molecular flexibility index (Phi) is 2.65. The predicted molar refractivity (Wildman–Crippen MR) is 60.6 cm³/mol. The number of benzene rings is 1. The Bertz CT molecular complexity index is 493. The fraction of sp³-hybridized carbons (Fsp3) is 0.400. The molecular formula is C10H11BrO3S. The van der Waals surface area contributed by atoms with Crippen molar-refractivity contribution >= 4 is 25.8 Å². The van der Waals surface area contributed by atoms with Crippen LogP contribution in [0.3, 0.4) is 0 Å². The summed E-state index contributed by atoms with van der Waals surface area (Å²) in [7, 11) is -3.20. The van der Waals surface area contributed by atoms with Crippen LogP contribution in [0.5, 0.6) is 0 Å². The molecule has 0 aromatic heterocycles. The highest BCUT2D eigenvalue weighted by Gasteiger charge is 2.36. The summed E-state index contributed by atoms with van der Waals surface area (Å²) in [6.07, 6.45) is -0.643. The van der Waals surface area contributed by atoms with E-state index in [9.17, 15) is 13.5 Å². The number of rotatable bonds is 1. The van der Waals surface area contributed by atoms with Crippen LogP contribution in [0.2, 0.25) is 0 Å². The van der Waals surface area contributed by atoms with Crippen LogP contribution in [-0.2, 0) is 9.84 Å². The maximum atomic E-state index is 11.8. The van der Waals surface area contributed by atoms with Crippen molar-refractivity contribution in [3.8, 4) is 0 Å². The van der Waals surface area contributed by atoms with Gasteiger partial charge in [0.15, 0.2) is 9.84 Å². The number of hydrogen-bond acceptors (Lipinski definition) is 3. The standard InChI is InChI=1S/C10H11BrO3S/c1-6(12)9-5-15(13,14)10-3-2-7(11)4-8(9)10/h2-4,6,9,12H,5H2,1H3. The van der Waals surface area contributed by atoms with Crippen molar-refractivity contribution in [3.63, 3.8) is 0 Å². The van der Waals surface area contributed by atoms with Gasteiger partial charge in [0.05, 0.1) is 16.8 Å². The van der Waals surface area contributed by atoms with Gasteiger partial charge in [-0.25, -0.2) is 8.42 Å². The third kappa shape index (κ3) is 1.84. The van der Waals surface area contributed by atoms with Gasteiger partial charge in [-0.05, 0) is 30.7 Å². The van der Waals surface area contributed by atoms with Crippen molar-refractivity contribution in [2.45, 2.75) is 23.8 Å². The smallest absolute Gasteiger partial charge is 0.179 e. The average Bonchev–Trinajstić information content (AvgIpc) is 2.38. The summed E-state index contributed by atoms with van der Waals surface area (Å²) in [5.74, 6) is -0.293. The molecule has 2 rings (SSSR count). The minimum absolute atomic E-state index is 0.0104. The lowest BCUT2D eigenvalue weighted by molar-refractivity contribution is 0.170. The minimum Gasteiger partial charge on any atom is -0.393 e. The van der Waals surface area contributed by atoms with Crippen LogP contribution in [0.25, 0.3) is 0 Å². The lowest BCUT2D eigenvalue weighted by Crippen LogP contribution is -2.16. The lowest BCUT2D eigenvalue weighted by Gasteiger charge is -2.12. The summed E-state index contributed by atoms with van der Waals surface area (Å²) in [4.78, 5) is 0.358. The van der Waals surface area contributed by atoms with Crippen molar-refractivity contribution in [3.05, 3.63) is 28.2 Å². The van der Waals surface area contributed by atoms with Crippen molar-refractivity contribution < 1.29 is 13.5 Å². The maximum absolute atomic E-state index is 11.8. The van der Waals surface area contributed by atoms with Crippen LogP contribution < -0.4 is 0 Å². The zero-order valence-electron chi connectivity index (χ0n) is 8.14. The fourth-order valence-corrected chi connectivity index (χ4v) is 4.24. The first-order chi connectivity index (χ1) is 6.92. The largest absolute Gasteiger partial charge is 0.393 e. The van der Waals surface area contributed by atoms with Gasteiger partial charge in [0.25, 0.3) is 0 Å². The first-order valence-corrected chi connectivity index (χ1v) is 7.06. The van der Waals surface area contributed by atoms with E-state index in [1.807, 2.05) is 0 Å². The van der Waals surface area contributed by atoms with Crippen LogP contribution in [0.15, 0.2) is 27.6 Å². The molecule has 1 heterocycles. The molecule has 0 radical (unpaired) electrons. The molecule has 3 nitrogen and oxygen atoms in total. The van der Waals surface area contributed by atoms with E-state index >= 15 is 0 Å². The Morgan fingerprint density at radius 1 is 1.53 bits per heavy atom. The molecule has 5 heteroatoms. The summed E-state index contributed by atoms with van der Waals surface area (Å²) in [5.41, 5.74) is 0.722. The quantitative estimate of drug-likeness (QED) is 0.857. The van der Waals surface area contributed by atoms with Crippen molar-refractivity contribution in [1.29, 1.82) is 0 Å². The summed E-state index contributed by atoms with van der Waals surface area (Å²) in [5, 5.41) is 9.54. The second-order valence-corrected chi connectivity index (χ2v) is 6.73. The van der Waals surface area contributed by atoms with E-state index in [4.69, 9.17) is 0 Å². The molecule has 1 aliphatic heterocycles. The maximum Gasteiger partial charge on any atom is 0.179 e. The van der Waals surface area contributed by atoms with Gasteiger partial charge in [-0.3, -0.25) is 0 Å². The Morgan fingerprint density at radius 2 is 2.20 bits per heavy atom. The Labute approximate surface area is 97.2 Å². The molecule has 2 unspecified atom stereocenters. The van der Waals surface area contributed by atoms with Crippen LogP contribution in [-0.4, -0.2) is 25.4 Å². The van der Waals surface area contributed by atoms with Crippen LogP contribution >= 0.6 is 15.9 Å². The van der Waals surface area contributed by atoms with E-state index < -0.39 is 15.9 Å². The zero-order chi connectivity index (χ0) is 11.2. The molecule has 1 aromatic rings. The van der Waals surface area contributed by atoms with Gasteiger partial charge in [-0.15, -0.1) is 0 Å². The van der Waals surface area contributed by atoms with Crippen LogP contribution in [0.4, 0.5) is 0 Å². The second-order valence-electron chi connectivity index (χ2n) is 3.81. The zero-order valence-corrected chi connectivity index (χ0v) is 10.5. The molecule has 82 valence electrons. The molecule has 0 fully saturated rings. The number of aliphatic hydroxyl groups is 1. The van der Waals surface area contributed by atoms with Crippen LogP contribution in [0.1, 0.15) is 18.4 Å². The molecule has 1 N–H and O–H groups in total. The van der Waals surface area contributed by atoms with Gasteiger partial charge in [-0.1, -0.05) is 15.9 Å². The first-order valence-electron chi connectivity index (χ1n) is 4.62. The van der Waals surface area contributed by atoms with Crippen molar-refractivity contribution in [1.82, 2.24) is 0 Å². The molecule has 2 atom stereocenters. The molecule has 0 aliphatic carbocycles. The molecule has 1 aromatic carbocycles. The molecular weight excluding hydrogens is 280 g/mol. The second kappa shape index (κ2) is 3.57. The fourth-order valence-electron chi connectivity index (χ4n) is 1.91. The van der Waals surface area contributed by atoms with E-state index in [1.165, 1.54) is 0 Å². The normalized spacial score (nSPS) is 24.9. The lowest BCUT2D eigenvalue weighted by atomic mass is 9.97. The molecule has 0 spiro atoms. The highest BCUT2D eigenvalue weighted by atomic mass is 79.9. The molecule has 1 aliphatic rings. The van der Waals surface area contributed by atoms with Gasteiger partial charge in [0, 0.05) is 10.4 Å². The topological polar surface area (TPSA) is 54.4 Å². The average molecular weight is 291 g/mol. The number of aliphatic hydroxyl groups excluding tert-OH is 1. The number of fused-ring (bicyclic) bond motifs is 1. The van der Waals surface area contributed by atoms with Gasteiger partial charge in [0.2, 0.25) is 0 Å². The predicted octanol–water partition coefficient (Wildman–Crippen LogP) is 1.70. The summed E-state index contributed by atoms with van der Waals surface area (Å²) >= 11 is 3.30. The Hall–Kier alpha value is -0.390. The third-order valence-corrected chi connectivity index (χ3v) is 5.02. The molecule has 0 bridgehead atoms. The highest BCUT2D eigenvalue weighted by Crippen LogP contribution is 2.38. The van der Waals surface area contributed by atoms with Gasteiger partial charge >= 0.3 is 0 Å². The van der Waals surface area contributed by atoms with E-state index in [2.05, 4.69) is 15.9 Å². The van der Waals surface area contributed by atoms with E-state index in [-0.39, 0.29) is 11.7 Å². The van der Waals surface area contributed by atoms with Gasteiger partial charge in [0.1, 0.15) is 0 Å². The summed E-state index contributed by atoms with van der Waals surface area (Å²) in [6.45, 7) is 1.62. The molecule has 0 saturated carbocycles. The summed E-state index contributed by atoms with van der Waals surface area (Å²) in [6, 6.07) is 5.08. The highest BCUT2D eigenvalue weighted by molar-refractivity contribution is 9.10. The SMILES string of the molecule is CC(O)C1CS(=O)(=O)c2ccc(Br)cc21. The van der Waals surface area contributed by atoms with E-state index in [0.717, 1.165) is 10.0 Å².